The molecule has 10 nitrogen and oxygen atoms in total. The van der Waals surface area contributed by atoms with Crippen molar-refractivity contribution in [2.24, 2.45) is 0 Å². The molecular weight excluding hydrogens is 506 g/mol. The molecule has 0 spiro atoms. The lowest BCUT2D eigenvalue weighted by Crippen LogP contribution is -2.34. The van der Waals surface area contributed by atoms with E-state index in [0.29, 0.717) is 33.9 Å². The van der Waals surface area contributed by atoms with Crippen LogP contribution in [0.25, 0.3) is 22.2 Å². The maximum Gasteiger partial charge on any atom is 0.339 e. The number of hydrogen-bond donors (Lipinski definition) is 1. The van der Waals surface area contributed by atoms with E-state index in [1.807, 2.05) is 24.3 Å². The van der Waals surface area contributed by atoms with Gasteiger partial charge in [-0.25, -0.2) is 9.78 Å². The number of thiazole rings is 1. The van der Waals surface area contributed by atoms with Crippen molar-refractivity contribution >= 4 is 44.9 Å². The van der Waals surface area contributed by atoms with Crippen LogP contribution in [0.5, 0.6) is 0 Å². The number of esters is 1. The molecular formula is C27H25N5O5S. The molecule has 0 saturated heterocycles. The molecule has 1 N–H and O–H groups in total. The first-order valence-corrected chi connectivity index (χ1v) is 13.1. The maximum absolute atomic E-state index is 13.5. The van der Waals surface area contributed by atoms with Crippen LogP contribution in [0.3, 0.4) is 0 Å². The number of likely N-dealkylation sites (N-methyl/N-ethyl adjacent to an activating group) is 1. The lowest BCUT2D eigenvalue weighted by atomic mass is 9.95. The fourth-order valence-corrected chi connectivity index (χ4v) is 5.19. The summed E-state index contributed by atoms with van der Waals surface area (Å²) >= 11 is 1.18. The van der Waals surface area contributed by atoms with Gasteiger partial charge in [-0.1, -0.05) is 37.3 Å². The van der Waals surface area contributed by atoms with E-state index in [9.17, 15) is 19.7 Å². The third-order valence-corrected chi connectivity index (χ3v) is 7.27. The molecule has 2 aromatic carbocycles. The average molecular weight is 532 g/mol. The highest BCUT2D eigenvalue weighted by atomic mass is 32.1. The Morgan fingerprint density at radius 2 is 2.03 bits per heavy atom. The number of aromatic nitrogens is 2. The zero-order valence-corrected chi connectivity index (χ0v) is 21.7. The molecule has 0 aliphatic carbocycles. The summed E-state index contributed by atoms with van der Waals surface area (Å²) in [5.74, 6) is -1.10. The molecule has 0 radical (unpaired) electrons. The second kappa shape index (κ2) is 10.6. The van der Waals surface area contributed by atoms with Crippen molar-refractivity contribution in [3.8, 4) is 11.3 Å². The third kappa shape index (κ3) is 5.11. The molecule has 4 aromatic rings. The molecule has 194 valence electrons. The average Bonchev–Trinajstić information content (AvgIpc) is 3.39. The highest BCUT2D eigenvalue weighted by molar-refractivity contribution is 7.14. The van der Waals surface area contributed by atoms with Crippen LogP contribution >= 0.6 is 11.3 Å². The number of anilines is 1. The van der Waals surface area contributed by atoms with Gasteiger partial charge in [0.05, 0.1) is 21.7 Å². The van der Waals surface area contributed by atoms with Gasteiger partial charge in [0, 0.05) is 59.2 Å². The zero-order valence-electron chi connectivity index (χ0n) is 20.8. The fraction of sp³-hybridized carbons (Fsp3) is 0.259. The predicted octanol–water partition coefficient (Wildman–Crippen LogP) is 4.83. The Morgan fingerprint density at radius 3 is 2.82 bits per heavy atom. The number of carbonyl (C=O) groups is 2. The van der Waals surface area contributed by atoms with E-state index < -0.39 is 22.9 Å². The number of nitro groups is 1. The van der Waals surface area contributed by atoms with Crippen LogP contribution in [0.1, 0.15) is 35.5 Å². The molecule has 1 aliphatic heterocycles. The van der Waals surface area contributed by atoms with E-state index in [1.165, 1.54) is 30.4 Å². The summed E-state index contributed by atoms with van der Waals surface area (Å²) in [7, 11) is 0. The Balaban J connectivity index is 1.34. The number of rotatable bonds is 7. The van der Waals surface area contributed by atoms with Crippen molar-refractivity contribution in [3.63, 3.8) is 0 Å². The largest absolute Gasteiger partial charge is 0.449 e. The third-order valence-electron chi connectivity index (χ3n) is 6.52. The number of nitrogens with zero attached hydrogens (tertiary/aromatic N) is 4. The van der Waals surface area contributed by atoms with Gasteiger partial charge < -0.3 is 4.74 Å². The SMILES string of the molecule is CCN1CCc2nc3ccccc3c(C(=O)OC(C)C(=O)Nc3nc(-c4cccc([N+](=O)[O-])c4)cs3)c2C1. The summed E-state index contributed by atoms with van der Waals surface area (Å²) in [4.78, 5) is 48.3. The van der Waals surface area contributed by atoms with Gasteiger partial charge in [0.25, 0.3) is 11.6 Å². The van der Waals surface area contributed by atoms with E-state index in [4.69, 9.17) is 9.72 Å². The molecule has 1 amide bonds. The minimum absolute atomic E-state index is 0.0468. The van der Waals surface area contributed by atoms with Crippen molar-refractivity contribution in [1.29, 1.82) is 0 Å². The van der Waals surface area contributed by atoms with Crippen molar-refractivity contribution in [1.82, 2.24) is 14.9 Å². The molecule has 1 atom stereocenters. The number of ether oxygens (including phenoxy) is 1. The Hall–Kier alpha value is -4.22. The summed E-state index contributed by atoms with van der Waals surface area (Å²) in [5, 5.41) is 16.4. The first-order chi connectivity index (χ1) is 18.3. The van der Waals surface area contributed by atoms with Gasteiger partial charge in [-0.3, -0.25) is 30.1 Å². The molecule has 0 saturated carbocycles. The zero-order chi connectivity index (χ0) is 26.8. The summed E-state index contributed by atoms with van der Waals surface area (Å²) in [5.41, 5.74) is 3.90. The topological polar surface area (TPSA) is 128 Å². The Morgan fingerprint density at radius 1 is 1.21 bits per heavy atom. The monoisotopic (exact) mass is 531 g/mol. The highest BCUT2D eigenvalue weighted by Gasteiger charge is 2.28. The smallest absolute Gasteiger partial charge is 0.339 e. The lowest BCUT2D eigenvalue weighted by Gasteiger charge is -2.29. The lowest BCUT2D eigenvalue weighted by molar-refractivity contribution is -0.384. The molecule has 0 fully saturated rings. The summed E-state index contributed by atoms with van der Waals surface area (Å²) in [6.07, 6.45) is -0.345. The van der Waals surface area contributed by atoms with Crippen LogP contribution in [-0.2, 0) is 22.5 Å². The van der Waals surface area contributed by atoms with Crippen molar-refractivity contribution in [3.05, 3.63) is 80.8 Å². The van der Waals surface area contributed by atoms with Gasteiger partial charge >= 0.3 is 5.97 Å². The number of pyridine rings is 1. The van der Waals surface area contributed by atoms with Crippen LogP contribution in [0.15, 0.2) is 53.9 Å². The van der Waals surface area contributed by atoms with E-state index in [0.717, 1.165) is 36.3 Å². The number of non-ortho nitro benzene ring substituents is 1. The van der Waals surface area contributed by atoms with Gasteiger partial charge in [0.2, 0.25) is 0 Å². The second-order valence-electron chi connectivity index (χ2n) is 8.93. The van der Waals surface area contributed by atoms with E-state index in [-0.39, 0.29) is 5.69 Å². The predicted molar refractivity (Wildman–Crippen MR) is 144 cm³/mol. The molecule has 1 unspecified atom stereocenters. The van der Waals surface area contributed by atoms with E-state index in [1.54, 1.807) is 17.5 Å². The van der Waals surface area contributed by atoms with Crippen molar-refractivity contribution < 1.29 is 19.2 Å². The number of para-hydroxylation sites is 1. The number of hydrogen-bond acceptors (Lipinski definition) is 9. The molecule has 38 heavy (non-hydrogen) atoms. The van der Waals surface area contributed by atoms with E-state index in [2.05, 4.69) is 22.1 Å². The summed E-state index contributed by atoms with van der Waals surface area (Å²) < 4.78 is 5.65. The first kappa shape index (κ1) is 25.4. The summed E-state index contributed by atoms with van der Waals surface area (Å²) in [6, 6.07) is 13.6. The number of fused-ring (bicyclic) bond motifs is 2. The number of carbonyl (C=O) groups excluding carboxylic acids is 2. The number of nitrogens with one attached hydrogen (secondary N) is 1. The molecule has 2 aromatic heterocycles. The minimum atomic E-state index is -1.08. The minimum Gasteiger partial charge on any atom is -0.449 e. The molecule has 1 aliphatic rings. The Kier molecular flexibility index (Phi) is 7.12. The standard InChI is InChI=1S/C27H25N5O5S/c1-3-31-12-11-22-20(14-31)24(19-9-4-5-10-21(19)28-22)26(34)37-16(2)25(33)30-27-29-23(15-38-27)17-7-6-8-18(13-17)32(35)36/h4-10,13,15-16H,3,11-12,14H2,1-2H3,(H,29,30,33). The maximum atomic E-state index is 13.5. The number of amides is 1. The van der Waals surface area contributed by atoms with E-state index >= 15 is 0 Å². The number of benzene rings is 2. The van der Waals surface area contributed by atoms with Crippen LogP contribution in [0.4, 0.5) is 10.8 Å². The van der Waals surface area contributed by atoms with Crippen molar-refractivity contribution in [2.45, 2.75) is 32.9 Å². The quantitative estimate of drug-likeness (QED) is 0.204. The van der Waals surface area contributed by atoms with Gasteiger partial charge in [0.15, 0.2) is 11.2 Å². The van der Waals surface area contributed by atoms with Crippen LogP contribution < -0.4 is 5.32 Å². The van der Waals surface area contributed by atoms with Crippen LogP contribution in [-0.4, -0.2) is 50.9 Å². The van der Waals surface area contributed by atoms with Crippen LogP contribution in [0.2, 0.25) is 0 Å². The first-order valence-electron chi connectivity index (χ1n) is 12.2. The number of nitro benzene ring substituents is 1. The highest BCUT2D eigenvalue weighted by Crippen LogP contribution is 2.30. The normalized spacial score (nSPS) is 14.1. The van der Waals surface area contributed by atoms with Crippen LogP contribution in [0, 0.1) is 10.1 Å². The Bertz CT molecular complexity index is 1550. The molecule has 5 rings (SSSR count). The molecule has 11 heteroatoms. The van der Waals surface area contributed by atoms with Gasteiger partial charge in [0.1, 0.15) is 0 Å². The van der Waals surface area contributed by atoms with Gasteiger partial charge in [-0.15, -0.1) is 11.3 Å². The molecule has 0 bridgehead atoms. The fourth-order valence-electron chi connectivity index (χ4n) is 4.47. The van der Waals surface area contributed by atoms with Crippen molar-refractivity contribution in [2.75, 3.05) is 18.4 Å². The van der Waals surface area contributed by atoms with Gasteiger partial charge in [-0.2, -0.15) is 0 Å². The Labute approximate surface area is 222 Å². The summed E-state index contributed by atoms with van der Waals surface area (Å²) in [6.45, 7) is 5.90. The second-order valence-corrected chi connectivity index (χ2v) is 9.79. The molecule has 3 heterocycles. The van der Waals surface area contributed by atoms with Gasteiger partial charge in [-0.05, 0) is 19.5 Å².